The molecule has 0 fully saturated rings. The second-order valence-electron chi connectivity index (χ2n) is 6.41. The average Bonchev–Trinajstić information content (AvgIpc) is 3.33. The topological polar surface area (TPSA) is 76.2 Å². The number of imidazole rings is 1. The van der Waals surface area contributed by atoms with Gasteiger partial charge in [0.2, 0.25) is 0 Å². The molecule has 1 amide bonds. The Morgan fingerprint density at radius 2 is 2.23 bits per heavy atom. The van der Waals surface area contributed by atoms with Crippen molar-refractivity contribution in [3.8, 4) is 0 Å². The molecule has 1 aliphatic rings. The van der Waals surface area contributed by atoms with Gasteiger partial charge in [0.25, 0.3) is 5.91 Å². The van der Waals surface area contributed by atoms with Crippen molar-refractivity contribution in [1.29, 1.82) is 0 Å². The van der Waals surface area contributed by atoms with Crippen molar-refractivity contribution in [2.75, 3.05) is 6.54 Å². The number of amides is 1. The first-order valence-corrected chi connectivity index (χ1v) is 8.72. The molecule has 0 bridgehead atoms. The molecule has 1 aliphatic heterocycles. The molecule has 134 valence electrons. The molecule has 0 aliphatic carbocycles. The minimum atomic E-state index is -0.178. The van der Waals surface area contributed by atoms with E-state index in [9.17, 15) is 4.79 Å². The molecular weight excluding hydrogens is 330 g/mol. The van der Waals surface area contributed by atoms with Gasteiger partial charge in [-0.05, 0) is 31.2 Å². The van der Waals surface area contributed by atoms with E-state index in [2.05, 4.69) is 31.7 Å². The first kappa shape index (κ1) is 16.5. The van der Waals surface area contributed by atoms with Crippen LogP contribution in [0.15, 0.2) is 53.4 Å². The lowest BCUT2D eigenvalue weighted by Gasteiger charge is -2.32. The Hall–Kier alpha value is -2.93. The van der Waals surface area contributed by atoms with E-state index in [0.29, 0.717) is 12.2 Å². The summed E-state index contributed by atoms with van der Waals surface area (Å²) in [5.74, 6) is 1.67. The largest absolute Gasteiger partial charge is 0.468 e. The van der Waals surface area contributed by atoms with Crippen molar-refractivity contribution in [1.82, 2.24) is 24.8 Å². The van der Waals surface area contributed by atoms with Gasteiger partial charge in [0.05, 0.1) is 31.1 Å². The van der Waals surface area contributed by atoms with Crippen molar-refractivity contribution < 1.29 is 9.21 Å². The zero-order valence-electron chi connectivity index (χ0n) is 14.6. The Morgan fingerprint density at radius 3 is 3.00 bits per heavy atom. The molecule has 7 heteroatoms. The third-order valence-electron chi connectivity index (χ3n) is 4.68. The first-order valence-electron chi connectivity index (χ1n) is 8.72. The molecule has 0 spiro atoms. The lowest BCUT2D eigenvalue weighted by molar-refractivity contribution is 0.0945. The number of nitrogens with zero attached hydrogens (tertiary/aromatic N) is 4. The summed E-state index contributed by atoms with van der Waals surface area (Å²) in [6, 6.07) is 9.63. The van der Waals surface area contributed by atoms with Crippen LogP contribution in [0.25, 0.3) is 0 Å². The van der Waals surface area contributed by atoms with Gasteiger partial charge in [-0.15, -0.1) is 0 Å². The van der Waals surface area contributed by atoms with Crippen LogP contribution in [0.5, 0.6) is 0 Å². The molecular formula is C19H21N5O2. The minimum Gasteiger partial charge on any atom is -0.468 e. The zero-order chi connectivity index (χ0) is 17.9. The maximum Gasteiger partial charge on any atom is 0.271 e. The molecule has 4 heterocycles. The normalized spacial score (nSPS) is 17.0. The van der Waals surface area contributed by atoms with E-state index in [4.69, 9.17) is 4.42 Å². The van der Waals surface area contributed by atoms with Crippen molar-refractivity contribution in [3.05, 3.63) is 72.0 Å². The fourth-order valence-corrected chi connectivity index (χ4v) is 3.23. The van der Waals surface area contributed by atoms with Gasteiger partial charge in [-0.3, -0.25) is 14.7 Å². The summed E-state index contributed by atoms with van der Waals surface area (Å²) in [4.78, 5) is 23.5. The van der Waals surface area contributed by atoms with E-state index in [1.54, 1.807) is 12.5 Å². The van der Waals surface area contributed by atoms with Gasteiger partial charge in [-0.2, -0.15) is 0 Å². The summed E-state index contributed by atoms with van der Waals surface area (Å²) >= 11 is 0. The van der Waals surface area contributed by atoms with Crippen LogP contribution in [-0.2, 0) is 19.6 Å². The maximum absolute atomic E-state index is 12.4. The number of rotatable bonds is 5. The summed E-state index contributed by atoms with van der Waals surface area (Å²) in [5, 5.41) is 2.88. The highest BCUT2D eigenvalue weighted by atomic mass is 16.3. The molecule has 4 rings (SSSR count). The number of hydrogen-bond acceptors (Lipinski definition) is 5. The number of carbonyl (C=O) groups is 1. The first-order chi connectivity index (χ1) is 12.7. The van der Waals surface area contributed by atoms with Crippen molar-refractivity contribution >= 4 is 5.91 Å². The maximum atomic E-state index is 12.4. The smallest absolute Gasteiger partial charge is 0.271 e. The van der Waals surface area contributed by atoms with E-state index < -0.39 is 0 Å². The summed E-state index contributed by atoms with van der Waals surface area (Å²) in [6.45, 7) is 4.93. The highest BCUT2D eigenvalue weighted by Crippen LogP contribution is 2.26. The van der Waals surface area contributed by atoms with Crippen LogP contribution in [0, 0.1) is 0 Å². The van der Waals surface area contributed by atoms with Crippen LogP contribution >= 0.6 is 0 Å². The predicted molar refractivity (Wildman–Crippen MR) is 95.2 cm³/mol. The molecule has 0 saturated heterocycles. The summed E-state index contributed by atoms with van der Waals surface area (Å²) in [7, 11) is 0. The van der Waals surface area contributed by atoms with Crippen LogP contribution < -0.4 is 5.32 Å². The fraction of sp³-hybridized carbons (Fsp3) is 0.316. The SMILES string of the molecule is C[C@H]1c2nc(C(=O)NCc3ccccn3)cn2CCN1Cc1ccco1. The van der Waals surface area contributed by atoms with Crippen LogP contribution in [0.2, 0.25) is 0 Å². The van der Waals surface area contributed by atoms with Crippen LogP contribution in [0.3, 0.4) is 0 Å². The quantitative estimate of drug-likeness (QED) is 0.764. The molecule has 3 aromatic heterocycles. The Bertz CT molecular complexity index is 873. The van der Waals surface area contributed by atoms with E-state index >= 15 is 0 Å². The molecule has 0 unspecified atom stereocenters. The molecule has 1 atom stereocenters. The zero-order valence-corrected chi connectivity index (χ0v) is 14.6. The molecule has 3 aromatic rings. The molecule has 26 heavy (non-hydrogen) atoms. The standard InChI is InChI=1S/C19H21N5O2/c1-14-18-22-17(19(25)21-11-15-5-2-3-7-20-15)13-24(18)9-8-23(14)12-16-6-4-10-26-16/h2-7,10,13-14H,8-9,11-12H2,1H3,(H,21,25)/t14-/m0/s1. The summed E-state index contributed by atoms with van der Waals surface area (Å²) < 4.78 is 7.52. The number of aromatic nitrogens is 3. The summed E-state index contributed by atoms with van der Waals surface area (Å²) in [6.07, 6.45) is 5.24. The monoisotopic (exact) mass is 351 g/mol. The van der Waals surface area contributed by atoms with Gasteiger partial charge < -0.3 is 14.3 Å². The second kappa shape index (κ2) is 7.13. The van der Waals surface area contributed by atoms with E-state index in [0.717, 1.165) is 36.9 Å². The molecule has 7 nitrogen and oxygen atoms in total. The van der Waals surface area contributed by atoms with Crippen molar-refractivity contribution in [3.63, 3.8) is 0 Å². The van der Waals surface area contributed by atoms with Gasteiger partial charge in [0.1, 0.15) is 17.3 Å². The highest BCUT2D eigenvalue weighted by molar-refractivity contribution is 5.92. The molecule has 0 radical (unpaired) electrons. The Labute approximate surface area is 151 Å². The highest BCUT2D eigenvalue weighted by Gasteiger charge is 2.28. The van der Waals surface area contributed by atoms with Gasteiger partial charge in [0, 0.05) is 25.5 Å². The van der Waals surface area contributed by atoms with E-state index in [1.807, 2.05) is 36.5 Å². The van der Waals surface area contributed by atoms with Crippen LogP contribution in [0.1, 0.15) is 40.7 Å². The number of pyridine rings is 1. The van der Waals surface area contributed by atoms with Gasteiger partial charge in [0.15, 0.2) is 0 Å². The number of fused-ring (bicyclic) bond motifs is 1. The lowest BCUT2D eigenvalue weighted by Crippen LogP contribution is -2.36. The van der Waals surface area contributed by atoms with E-state index in [-0.39, 0.29) is 11.9 Å². The molecule has 0 aromatic carbocycles. The Kier molecular flexibility index (Phi) is 4.53. The minimum absolute atomic E-state index is 0.117. The third-order valence-corrected chi connectivity index (χ3v) is 4.68. The predicted octanol–water partition coefficient (Wildman–Crippen LogP) is 2.38. The number of nitrogens with one attached hydrogen (secondary N) is 1. The van der Waals surface area contributed by atoms with Crippen LogP contribution in [-0.4, -0.2) is 31.9 Å². The van der Waals surface area contributed by atoms with Gasteiger partial charge >= 0.3 is 0 Å². The van der Waals surface area contributed by atoms with Crippen molar-refractivity contribution in [2.24, 2.45) is 0 Å². The lowest BCUT2D eigenvalue weighted by atomic mass is 10.2. The Morgan fingerprint density at radius 1 is 1.31 bits per heavy atom. The van der Waals surface area contributed by atoms with Gasteiger partial charge in [-0.25, -0.2) is 4.98 Å². The molecule has 1 N–H and O–H groups in total. The Balaban J connectivity index is 1.43. The second-order valence-corrected chi connectivity index (χ2v) is 6.41. The van der Waals surface area contributed by atoms with Gasteiger partial charge in [-0.1, -0.05) is 6.07 Å². The fourth-order valence-electron chi connectivity index (χ4n) is 3.23. The van der Waals surface area contributed by atoms with Crippen LogP contribution in [0.4, 0.5) is 0 Å². The van der Waals surface area contributed by atoms with Crippen molar-refractivity contribution in [2.45, 2.75) is 32.6 Å². The summed E-state index contributed by atoms with van der Waals surface area (Å²) in [5.41, 5.74) is 1.27. The average molecular weight is 351 g/mol. The van der Waals surface area contributed by atoms with E-state index in [1.165, 1.54) is 0 Å². The number of carbonyl (C=O) groups excluding carboxylic acids is 1. The third kappa shape index (κ3) is 3.39. The number of hydrogen-bond donors (Lipinski definition) is 1. The number of furan rings is 1. The molecule has 0 saturated carbocycles.